The Hall–Kier alpha value is -7.14. The van der Waals surface area contributed by atoms with Crippen LogP contribution in [0.5, 0.6) is 5.75 Å². The van der Waals surface area contributed by atoms with Crippen LogP contribution in [0.3, 0.4) is 0 Å². The summed E-state index contributed by atoms with van der Waals surface area (Å²) in [6.07, 6.45) is 19.2. The maximum atomic E-state index is 9.35. The first kappa shape index (κ1) is 42.5. The molecule has 0 aromatic heterocycles. The average Bonchev–Trinajstić information content (AvgIpc) is 3.35. The third kappa shape index (κ3) is 8.82. The monoisotopic (exact) mass is 824 g/mol. The predicted molar refractivity (Wildman–Crippen MR) is 271 cm³/mol. The molecule has 4 nitrogen and oxygen atoms in total. The van der Waals surface area contributed by atoms with Crippen LogP contribution in [0.25, 0.3) is 32.3 Å². The van der Waals surface area contributed by atoms with Gasteiger partial charge in [0.05, 0.1) is 23.7 Å². The lowest BCUT2D eigenvalue weighted by Gasteiger charge is -2.31. The fraction of sp³-hybridized carbons (Fsp3) is 0.153. The molecule has 63 heavy (non-hydrogen) atoms. The number of fused-ring (bicyclic) bond motifs is 1. The number of aliphatic hydroxyl groups is 1. The lowest BCUT2D eigenvalue weighted by molar-refractivity contribution is 0.256. The molecule has 1 aliphatic rings. The molecule has 314 valence electrons. The topological polar surface area (TPSA) is 35.9 Å². The summed E-state index contributed by atoms with van der Waals surface area (Å²) in [7, 11) is 0. The van der Waals surface area contributed by atoms with E-state index < -0.39 is 0 Å². The van der Waals surface area contributed by atoms with Gasteiger partial charge in [0.25, 0.3) is 0 Å². The van der Waals surface area contributed by atoms with Crippen molar-refractivity contribution in [2.75, 3.05) is 16.4 Å². The highest BCUT2D eigenvalue weighted by Gasteiger charge is 2.25. The maximum Gasteiger partial charge on any atom is 0.147 e. The van der Waals surface area contributed by atoms with Gasteiger partial charge >= 0.3 is 0 Å². The minimum absolute atomic E-state index is 0.0368. The largest absolute Gasteiger partial charge is 0.484 e. The second-order valence-electron chi connectivity index (χ2n) is 16.8. The predicted octanol–water partition coefficient (Wildman–Crippen LogP) is 15.7. The highest BCUT2D eigenvalue weighted by atomic mass is 16.5. The summed E-state index contributed by atoms with van der Waals surface area (Å²) in [6, 6.07) is 42.0. The Morgan fingerprint density at radius 1 is 0.714 bits per heavy atom. The van der Waals surface area contributed by atoms with E-state index in [2.05, 4.69) is 203 Å². The lowest BCUT2D eigenvalue weighted by Crippen LogP contribution is -2.18. The summed E-state index contributed by atoms with van der Waals surface area (Å²) < 4.78 is 6.94. The fourth-order valence-corrected chi connectivity index (χ4v) is 8.42. The van der Waals surface area contributed by atoms with Crippen LogP contribution >= 0.6 is 0 Å². The number of allylic oxidation sites excluding steroid dienone is 11. The molecular weight excluding hydrogens is 769 g/mol. The van der Waals surface area contributed by atoms with E-state index in [0.717, 1.165) is 79.4 Å². The summed E-state index contributed by atoms with van der Waals surface area (Å²) in [6.45, 7) is 21.5. The van der Waals surface area contributed by atoms with Crippen LogP contribution in [0.1, 0.15) is 44.4 Å². The first-order valence-corrected chi connectivity index (χ1v) is 21.8. The highest BCUT2D eigenvalue weighted by Crippen LogP contribution is 2.49. The van der Waals surface area contributed by atoms with Crippen LogP contribution in [0.15, 0.2) is 211 Å². The minimum atomic E-state index is -0.0979. The highest BCUT2D eigenvalue weighted by molar-refractivity contribution is 6.28. The second kappa shape index (κ2) is 18.5. The molecule has 0 amide bonds. The van der Waals surface area contributed by atoms with Gasteiger partial charge in [-0.15, -0.1) is 0 Å². The third-order valence-corrected chi connectivity index (χ3v) is 12.1. The maximum absolute atomic E-state index is 9.35. The molecule has 1 atom stereocenters. The van der Waals surface area contributed by atoms with Crippen LogP contribution < -0.4 is 14.5 Å². The molecule has 1 heterocycles. The van der Waals surface area contributed by atoms with Gasteiger partial charge in [0.2, 0.25) is 0 Å². The second-order valence-corrected chi connectivity index (χ2v) is 16.8. The number of aliphatic hydroxyl groups excluding tert-OH is 1. The summed E-state index contributed by atoms with van der Waals surface area (Å²) in [4.78, 5) is 4.66. The Labute approximate surface area is 373 Å². The van der Waals surface area contributed by atoms with E-state index in [1.807, 2.05) is 31.2 Å². The first-order chi connectivity index (χ1) is 30.5. The van der Waals surface area contributed by atoms with Crippen LogP contribution in [-0.2, 0) is 6.42 Å². The molecule has 0 saturated heterocycles. The summed E-state index contributed by atoms with van der Waals surface area (Å²) >= 11 is 0. The molecule has 0 aliphatic carbocycles. The fourth-order valence-electron chi connectivity index (χ4n) is 8.42. The van der Waals surface area contributed by atoms with Crippen LogP contribution in [0, 0.1) is 13.8 Å². The summed E-state index contributed by atoms with van der Waals surface area (Å²) in [5.41, 5.74) is 13.6. The van der Waals surface area contributed by atoms with Crippen molar-refractivity contribution in [3.05, 3.63) is 228 Å². The molecule has 4 heteroatoms. The number of nitrogens with zero attached hydrogens (tertiary/aromatic N) is 2. The molecule has 0 spiro atoms. The molecule has 7 aromatic rings. The Bertz CT molecular complexity index is 3060. The zero-order chi connectivity index (χ0) is 44.2. The molecule has 0 radical (unpaired) electrons. The first-order valence-electron chi connectivity index (χ1n) is 21.8. The number of benzene rings is 7. The van der Waals surface area contributed by atoms with Crippen LogP contribution in [0.4, 0.5) is 28.4 Å². The average molecular weight is 825 g/mol. The molecule has 0 bridgehead atoms. The number of hydrogen-bond acceptors (Lipinski definition) is 4. The van der Waals surface area contributed by atoms with Gasteiger partial charge in [0, 0.05) is 33.4 Å². The summed E-state index contributed by atoms with van der Waals surface area (Å²) in [5, 5.41) is 16.4. The van der Waals surface area contributed by atoms with E-state index in [0.29, 0.717) is 0 Å². The van der Waals surface area contributed by atoms with Crippen molar-refractivity contribution in [3.63, 3.8) is 0 Å². The van der Waals surface area contributed by atoms with Gasteiger partial charge in [0.15, 0.2) is 0 Å². The van der Waals surface area contributed by atoms with Crippen molar-refractivity contribution in [2.24, 2.45) is 0 Å². The quantitative estimate of drug-likeness (QED) is 0.0983. The van der Waals surface area contributed by atoms with E-state index >= 15 is 0 Å². The number of hydrogen-bond donors (Lipinski definition) is 1. The van der Waals surface area contributed by atoms with Crippen molar-refractivity contribution >= 4 is 60.8 Å². The number of para-hydroxylation sites is 1. The van der Waals surface area contributed by atoms with Gasteiger partial charge in [-0.05, 0) is 151 Å². The Morgan fingerprint density at radius 2 is 1.33 bits per heavy atom. The van der Waals surface area contributed by atoms with Gasteiger partial charge in [-0.25, -0.2) is 0 Å². The van der Waals surface area contributed by atoms with E-state index in [9.17, 15) is 5.11 Å². The van der Waals surface area contributed by atoms with E-state index in [-0.39, 0.29) is 12.7 Å². The van der Waals surface area contributed by atoms with Crippen molar-refractivity contribution in [1.29, 1.82) is 0 Å². The molecule has 0 fully saturated rings. The smallest absolute Gasteiger partial charge is 0.147 e. The number of ether oxygens (including phenoxy) is 1. The zero-order valence-electron chi connectivity index (χ0n) is 37.3. The Kier molecular flexibility index (Phi) is 12.5. The number of aryl methyl sites for hydroxylation is 2. The molecule has 1 aliphatic heterocycles. The molecule has 1 N–H and O–H groups in total. The molecule has 0 saturated carbocycles. The summed E-state index contributed by atoms with van der Waals surface area (Å²) in [5.74, 6) is 0.898. The Morgan fingerprint density at radius 3 is 2.03 bits per heavy atom. The number of rotatable bonds is 12. The van der Waals surface area contributed by atoms with Gasteiger partial charge in [-0.3, -0.25) is 0 Å². The molecule has 1 unspecified atom stereocenters. The van der Waals surface area contributed by atoms with Crippen LogP contribution in [0.2, 0.25) is 0 Å². The van der Waals surface area contributed by atoms with E-state index in [1.54, 1.807) is 0 Å². The minimum Gasteiger partial charge on any atom is -0.484 e. The lowest BCUT2D eigenvalue weighted by atomic mass is 9.91. The van der Waals surface area contributed by atoms with E-state index in [1.165, 1.54) is 38.2 Å². The SMILES string of the molecule is C=C(/C=C\C=C(\C)CO)/C(C)=C/C=C\C(=C)N(c1cccc(C)c1)c1ccc2ccc3c(N(c4cccc(C)c4)c4cccc5c4OC(C)/C(C)=C\C=C/C5)ccc4ccc1c2c43. The standard InChI is InChI=1S/C59H56N2O2/c1-39-16-12-25-50(36-39)60(45(7)22-14-21-43(5)42(4)20-11-18-41(3)38-62)54-34-30-47-29-33-53-55(35-31-48-28-32-52(54)57(47)58(48)53)61(51-26-13-17-40(2)37-51)56-27-15-24-49-23-10-9-19-44(6)46(8)63-59(49)56/h9-22,24-37,46,62H,4,7,23,38H2,1-3,5-6,8H3/b10-9-,20-11-,22-14-,41-18-,43-21+,44-19-. The van der Waals surface area contributed by atoms with Gasteiger partial charge in [-0.1, -0.05) is 135 Å². The molecule has 7 aromatic carbocycles. The van der Waals surface area contributed by atoms with Crippen molar-refractivity contribution < 1.29 is 9.84 Å². The van der Waals surface area contributed by atoms with E-state index in [4.69, 9.17) is 4.74 Å². The van der Waals surface area contributed by atoms with Crippen molar-refractivity contribution in [3.8, 4) is 5.75 Å². The molecule has 8 rings (SSSR count). The van der Waals surface area contributed by atoms with Gasteiger partial charge in [-0.2, -0.15) is 0 Å². The number of anilines is 5. The normalized spacial score (nSPS) is 16.1. The zero-order valence-corrected chi connectivity index (χ0v) is 37.3. The van der Waals surface area contributed by atoms with Gasteiger partial charge < -0.3 is 19.6 Å². The van der Waals surface area contributed by atoms with Crippen molar-refractivity contribution in [1.82, 2.24) is 0 Å². The van der Waals surface area contributed by atoms with Crippen molar-refractivity contribution in [2.45, 2.75) is 54.1 Å². The third-order valence-electron chi connectivity index (χ3n) is 12.1. The van der Waals surface area contributed by atoms with Crippen LogP contribution in [-0.4, -0.2) is 17.8 Å². The van der Waals surface area contributed by atoms with Gasteiger partial charge in [0.1, 0.15) is 11.9 Å². The Balaban J connectivity index is 1.29. The molecular formula is C59H56N2O2.